The second-order valence-electron chi connectivity index (χ2n) is 9.24. The zero-order chi connectivity index (χ0) is 25.6. The lowest BCUT2D eigenvalue weighted by Crippen LogP contribution is -2.38. The number of aromatic amines is 1. The average Bonchev–Trinajstić information content (AvgIpc) is 3.21. The number of fused-ring (bicyclic) bond motifs is 3. The fraction of sp³-hybridized carbons (Fsp3) is 0.400. The highest BCUT2D eigenvalue weighted by atomic mass is 19.4. The lowest BCUT2D eigenvalue weighted by Gasteiger charge is -2.33. The fourth-order valence-corrected chi connectivity index (χ4v) is 5.34. The van der Waals surface area contributed by atoms with Gasteiger partial charge in [-0.1, -0.05) is 0 Å². The first kappa shape index (κ1) is 24.1. The number of rotatable bonds is 4. The summed E-state index contributed by atoms with van der Waals surface area (Å²) in [4.78, 5) is 33.5. The van der Waals surface area contributed by atoms with Gasteiger partial charge in [-0.3, -0.25) is 9.59 Å². The molecule has 1 atom stereocenters. The average molecular weight is 505 g/mol. The summed E-state index contributed by atoms with van der Waals surface area (Å²) in [5, 5.41) is 10.1. The van der Waals surface area contributed by atoms with E-state index in [2.05, 4.69) is 14.7 Å². The first-order valence-electron chi connectivity index (χ1n) is 11.7. The van der Waals surface area contributed by atoms with E-state index in [4.69, 9.17) is 0 Å². The molecule has 1 aliphatic carbocycles. The molecular formula is C25H23F4N3O4. The maximum absolute atomic E-state index is 15.1. The van der Waals surface area contributed by atoms with E-state index < -0.39 is 29.8 Å². The Bertz CT molecular complexity index is 1310. The van der Waals surface area contributed by atoms with Gasteiger partial charge in [0, 0.05) is 35.3 Å². The Hall–Kier alpha value is -3.63. The van der Waals surface area contributed by atoms with Crippen molar-refractivity contribution >= 4 is 22.9 Å². The minimum atomic E-state index is -4.81. The maximum Gasteiger partial charge on any atom is 0.573 e. The number of halogens is 4. The lowest BCUT2D eigenvalue weighted by molar-refractivity contribution is -0.274. The Morgan fingerprint density at radius 1 is 1.11 bits per heavy atom. The summed E-state index contributed by atoms with van der Waals surface area (Å²) in [7, 11) is 0. The highest BCUT2D eigenvalue weighted by molar-refractivity contribution is 5.94. The summed E-state index contributed by atoms with van der Waals surface area (Å²) in [6, 6.07) is 4.75. The van der Waals surface area contributed by atoms with E-state index in [1.54, 1.807) is 4.90 Å². The summed E-state index contributed by atoms with van der Waals surface area (Å²) in [6.07, 6.45) is -1.28. The fourth-order valence-electron chi connectivity index (χ4n) is 5.34. The van der Waals surface area contributed by atoms with Gasteiger partial charge in [-0.25, -0.2) is 9.37 Å². The molecular weight excluding hydrogens is 482 g/mol. The van der Waals surface area contributed by atoms with Crippen LogP contribution in [0.5, 0.6) is 5.75 Å². The molecule has 7 nitrogen and oxygen atoms in total. The molecule has 1 fully saturated rings. The number of aryl methyl sites for hydroxylation is 1. The van der Waals surface area contributed by atoms with E-state index in [-0.39, 0.29) is 17.4 Å². The van der Waals surface area contributed by atoms with Crippen LogP contribution in [0.4, 0.5) is 17.6 Å². The summed E-state index contributed by atoms with van der Waals surface area (Å²) in [6.45, 7) is 0.690. The Morgan fingerprint density at radius 3 is 2.44 bits per heavy atom. The number of aromatic nitrogens is 2. The molecule has 1 saturated heterocycles. The number of hydrogen-bond acceptors (Lipinski definition) is 4. The first-order chi connectivity index (χ1) is 17.1. The number of hydrogen-bond donors (Lipinski definition) is 2. The zero-order valence-corrected chi connectivity index (χ0v) is 19.1. The van der Waals surface area contributed by atoms with Crippen LogP contribution in [0.1, 0.15) is 52.4 Å². The normalized spacial score (nSPS) is 18.8. The maximum atomic E-state index is 15.1. The predicted molar refractivity (Wildman–Crippen MR) is 120 cm³/mol. The van der Waals surface area contributed by atoms with Crippen molar-refractivity contribution in [2.24, 2.45) is 5.92 Å². The van der Waals surface area contributed by atoms with Gasteiger partial charge in [-0.05, 0) is 67.9 Å². The molecule has 2 N–H and O–H groups in total. The number of carbonyl (C=O) groups is 2. The molecule has 0 unspecified atom stereocenters. The third-order valence-electron chi connectivity index (χ3n) is 7.07. The molecule has 1 aromatic carbocycles. The molecule has 2 aromatic heterocycles. The Morgan fingerprint density at radius 2 is 1.81 bits per heavy atom. The Balaban J connectivity index is 1.33. The zero-order valence-electron chi connectivity index (χ0n) is 19.1. The number of H-pyrrole nitrogens is 1. The summed E-state index contributed by atoms with van der Waals surface area (Å²) < 4.78 is 56.1. The Kier molecular flexibility index (Phi) is 6.09. The smallest absolute Gasteiger partial charge is 0.481 e. The third-order valence-corrected chi connectivity index (χ3v) is 7.07. The van der Waals surface area contributed by atoms with Gasteiger partial charge in [-0.2, -0.15) is 0 Å². The number of pyridine rings is 1. The van der Waals surface area contributed by atoms with Crippen LogP contribution in [0, 0.1) is 11.7 Å². The number of nitrogens with zero attached hydrogens (tertiary/aromatic N) is 2. The molecule has 3 heterocycles. The van der Waals surface area contributed by atoms with Crippen LogP contribution < -0.4 is 4.74 Å². The number of ether oxygens (including phenoxy) is 1. The van der Waals surface area contributed by atoms with Crippen molar-refractivity contribution < 1.29 is 37.0 Å². The topological polar surface area (TPSA) is 95.5 Å². The highest BCUT2D eigenvalue weighted by Gasteiger charge is 2.33. The second-order valence-corrected chi connectivity index (χ2v) is 9.24. The number of benzene rings is 1. The molecule has 1 aliphatic heterocycles. The van der Waals surface area contributed by atoms with Crippen molar-refractivity contribution in [2.75, 3.05) is 13.1 Å². The number of likely N-dealkylation sites (tertiary alicyclic amines) is 1. The van der Waals surface area contributed by atoms with Crippen LogP contribution in [0.25, 0.3) is 11.0 Å². The number of carbonyl (C=O) groups excluding carboxylic acids is 1. The molecule has 2 aliphatic rings. The third kappa shape index (κ3) is 4.61. The molecule has 0 bridgehead atoms. The first-order valence-corrected chi connectivity index (χ1v) is 11.7. The quantitative estimate of drug-likeness (QED) is 0.497. The number of carboxylic acid groups (broad SMARTS) is 1. The second kappa shape index (κ2) is 9.11. The van der Waals surface area contributed by atoms with E-state index in [1.165, 1.54) is 18.3 Å². The van der Waals surface area contributed by atoms with Crippen LogP contribution in [0.2, 0.25) is 0 Å². The molecule has 0 saturated carbocycles. The van der Waals surface area contributed by atoms with Crippen LogP contribution in [0.3, 0.4) is 0 Å². The van der Waals surface area contributed by atoms with Crippen molar-refractivity contribution in [1.82, 2.24) is 14.9 Å². The number of piperidine rings is 1. The highest BCUT2D eigenvalue weighted by Crippen LogP contribution is 2.40. The number of alkyl halides is 3. The van der Waals surface area contributed by atoms with Gasteiger partial charge in [0.15, 0.2) is 0 Å². The molecule has 0 radical (unpaired) electrons. The summed E-state index contributed by atoms with van der Waals surface area (Å²) in [5.41, 5.74) is 2.99. The van der Waals surface area contributed by atoms with Crippen molar-refractivity contribution in [1.29, 1.82) is 0 Å². The molecule has 0 spiro atoms. The van der Waals surface area contributed by atoms with Gasteiger partial charge in [0.1, 0.15) is 17.2 Å². The monoisotopic (exact) mass is 505 g/mol. The molecule has 190 valence electrons. The van der Waals surface area contributed by atoms with Gasteiger partial charge >= 0.3 is 12.3 Å². The van der Waals surface area contributed by atoms with Gasteiger partial charge in [0.2, 0.25) is 0 Å². The number of nitrogens with one attached hydrogen (secondary N) is 1. The van der Waals surface area contributed by atoms with E-state index >= 15 is 4.39 Å². The molecule has 3 aromatic rings. The van der Waals surface area contributed by atoms with Gasteiger partial charge in [0.05, 0.1) is 12.1 Å². The van der Waals surface area contributed by atoms with E-state index in [1.807, 2.05) is 0 Å². The Labute approximate surface area is 203 Å². The summed E-state index contributed by atoms with van der Waals surface area (Å²) in [5.74, 6) is -2.77. The van der Waals surface area contributed by atoms with Crippen LogP contribution >= 0.6 is 0 Å². The van der Waals surface area contributed by atoms with Crippen molar-refractivity contribution in [2.45, 2.75) is 44.4 Å². The molecule has 11 heteroatoms. The van der Waals surface area contributed by atoms with Crippen molar-refractivity contribution in [3.63, 3.8) is 0 Å². The van der Waals surface area contributed by atoms with E-state index in [9.17, 15) is 27.9 Å². The minimum Gasteiger partial charge on any atom is -0.481 e. The molecule has 5 rings (SSSR count). The van der Waals surface area contributed by atoms with E-state index in [0.29, 0.717) is 61.8 Å². The number of carboxylic acids is 1. The van der Waals surface area contributed by atoms with Gasteiger partial charge < -0.3 is 19.7 Å². The van der Waals surface area contributed by atoms with Crippen molar-refractivity contribution in [3.8, 4) is 5.75 Å². The van der Waals surface area contributed by atoms with E-state index in [0.717, 1.165) is 23.4 Å². The SMILES string of the molecule is O=C(O)[C@H]1CCc2[nH]c3ncc(F)c(C4CCN(C(=O)c5ccc(OC(F)(F)F)cc5)CC4)c3c2C1. The minimum absolute atomic E-state index is 0.188. The van der Waals surface area contributed by atoms with Gasteiger partial charge in [0.25, 0.3) is 5.91 Å². The van der Waals surface area contributed by atoms with Crippen LogP contribution in [0.15, 0.2) is 30.5 Å². The van der Waals surface area contributed by atoms with Crippen LogP contribution in [-0.4, -0.2) is 51.3 Å². The molecule has 1 amide bonds. The van der Waals surface area contributed by atoms with Crippen molar-refractivity contribution in [3.05, 3.63) is 58.7 Å². The largest absolute Gasteiger partial charge is 0.573 e. The summed E-state index contributed by atoms with van der Waals surface area (Å²) >= 11 is 0. The van der Waals surface area contributed by atoms with Crippen LogP contribution in [-0.2, 0) is 17.6 Å². The predicted octanol–water partition coefficient (Wildman–Crippen LogP) is 4.81. The number of amides is 1. The molecule has 36 heavy (non-hydrogen) atoms. The number of aliphatic carboxylic acids is 1. The lowest BCUT2D eigenvalue weighted by atomic mass is 9.82. The van der Waals surface area contributed by atoms with Gasteiger partial charge in [-0.15, -0.1) is 13.2 Å². The standard InChI is InChI=1S/C25H23F4N3O4/c26-18-12-30-22-21(17-11-15(24(34)35)3-6-19(17)31-22)20(18)13-7-9-32(10-8-13)23(33)14-1-4-16(5-2-14)36-25(27,28)29/h1-2,4-5,12-13,15H,3,6-11H2,(H,30,31)(H,34,35)/t15-/m0/s1.